The van der Waals surface area contributed by atoms with Crippen LogP contribution in [0.3, 0.4) is 0 Å². The van der Waals surface area contributed by atoms with Crippen LogP contribution in [0.5, 0.6) is 0 Å². The van der Waals surface area contributed by atoms with Gasteiger partial charge in [0.1, 0.15) is 0 Å². The molecule has 0 saturated heterocycles. The first kappa shape index (κ1) is 7.76. The summed E-state index contributed by atoms with van der Waals surface area (Å²) in [5.41, 5.74) is 6.28. The van der Waals surface area contributed by atoms with Crippen LogP contribution in [0.2, 0.25) is 0 Å². The Morgan fingerprint density at radius 2 is 2.20 bits per heavy atom. The number of rotatable bonds is 1. The van der Waals surface area contributed by atoms with Crippen LogP contribution in [0, 0.1) is 0 Å². The second-order valence-corrected chi connectivity index (χ2v) is 1.63. The Hall–Kier alpha value is -2.24. The zero-order chi connectivity index (χ0) is 6.53. The molecule has 1 aliphatic carbocycles. The van der Waals surface area contributed by atoms with Crippen LogP contribution in [0.25, 0.3) is 0 Å². The monoisotopic (exact) mass is 382 g/mol. The van der Waals surface area contributed by atoms with E-state index in [0.29, 0.717) is 0 Å². The van der Waals surface area contributed by atoms with Crippen molar-refractivity contribution < 1.29 is 0 Å². The van der Waals surface area contributed by atoms with Gasteiger partial charge in [-0.1, -0.05) is 12.2 Å². The molecule has 0 amide bonds. The number of nitrogens with one attached hydrogen (secondary N) is 1. The van der Waals surface area contributed by atoms with Gasteiger partial charge in [-0.2, -0.15) is 0 Å². The molecule has 0 spiro atoms. The molecule has 1 rings (SSSR count). The Labute approximate surface area is 54.0 Å². The van der Waals surface area contributed by atoms with E-state index >= 15 is 0 Å². The van der Waals surface area contributed by atoms with E-state index in [2.05, 4.69) is 11.2 Å². The third kappa shape index (κ3) is 1.70. The van der Waals surface area contributed by atoms with Gasteiger partial charge >= 0.3 is 0 Å². The zero-order valence-corrected chi connectivity index (χ0v) is 7.37. The van der Waals surface area contributed by atoms with Gasteiger partial charge in [-0.25, -0.2) is 0 Å². The van der Waals surface area contributed by atoms with Crippen LogP contribution in [-0.4, -0.2) is 0 Å². The Kier molecular flexibility index (Phi) is 2.89. The van der Waals surface area contributed by atoms with Crippen LogP contribution in [-0.2, 0) is 0 Å². The molecule has 0 heterocycles. The summed E-state index contributed by atoms with van der Waals surface area (Å²) >= 11 is 0. The third-order valence-corrected chi connectivity index (χ3v) is 0.985. The summed E-state index contributed by atoms with van der Waals surface area (Å²) in [6.45, 7) is 0. The van der Waals surface area contributed by atoms with E-state index in [9.17, 15) is 0 Å². The van der Waals surface area contributed by atoms with Gasteiger partial charge in [-0.15, -0.1) is 5.73 Å². The van der Waals surface area contributed by atoms with Gasteiger partial charge in [0, 0.05) is 6.08 Å². The second-order valence-electron chi connectivity index (χ2n) is 1.63. The van der Waals surface area contributed by atoms with Gasteiger partial charge in [0.2, 0.25) is 0 Å². The van der Waals surface area contributed by atoms with Gasteiger partial charge in [0.15, 0.2) is 0 Å². The standard InChI is InChI=1S/C7H8N2.Lr/c8-9-7-5-3-1-2-4-6-7;/h1-3,5-6,9H,8H2;. The summed E-state index contributed by atoms with van der Waals surface area (Å²) in [6, 6.07) is 0. The molecule has 0 aromatic carbocycles. The predicted molar refractivity (Wildman–Crippen MR) is 37.2 cm³/mol. The molecule has 0 fully saturated rings. The number of nitrogens with two attached hydrogens (primary N) is 1. The van der Waals surface area contributed by atoms with E-state index in [1.807, 2.05) is 24.3 Å². The maximum Gasteiger partial charge on any atom is 0.0562 e. The molecule has 10 heavy (non-hydrogen) atoms. The van der Waals surface area contributed by atoms with Crippen LogP contribution in [0.1, 0.15) is 0 Å². The summed E-state index contributed by atoms with van der Waals surface area (Å²) < 4.78 is 0. The van der Waals surface area contributed by atoms with E-state index < -0.39 is 0 Å². The summed E-state index contributed by atoms with van der Waals surface area (Å²) in [7, 11) is 0. The van der Waals surface area contributed by atoms with E-state index in [-0.39, 0.29) is 0 Å². The molecule has 0 aromatic rings. The quantitative estimate of drug-likeness (QED) is 0.397. The summed E-state index contributed by atoms with van der Waals surface area (Å²) in [6.07, 6.45) is 9.25. The summed E-state index contributed by atoms with van der Waals surface area (Å²) in [4.78, 5) is 0. The Balaban J connectivity index is 0.000000810. The first-order chi connectivity index (χ1) is 4.43. The third-order valence-electron chi connectivity index (χ3n) is 0.985. The molecular formula is C7H8LrN2. The molecule has 0 saturated carbocycles. The smallest absolute Gasteiger partial charge is 0.0562 e. The Morgan fingerprint density at radius 1 is 1.40 bits per heavy atom. The van der Waals surface area contributed by atoms with Gasteiger partial charge < -0.3 is 5.43 Å². The van der Waals surface area contributed by atoms with E-state index in [0.717, 1.165) is 5.70 Å². The molecule has 0 bridgehead atoms. The minimum atomic E-state index is 0. The normalized spacial score (nSPS) is 13.5. The average Bonchev–Trinajstić information content (AvgIpc) is 2.13. The molecule has 3 N–H and O–H groups in total. The zero-order valence-electron chi connectivity index (χ0n) is 5.22. The van der Waals surface area contributed by atoms with E-state index in [1.54, 1.807) is 6.08 Å². The number of hydrogen-bond acceptors (Lipinski definition) is 2. The van der Waals surface area contributed by atoms with Crippen molar-refractivity contribution in [2.24, 2.45) is 5.84 Å². The summed E-state index contributed by atoms with van der Waals surface area (Å²) in [5.74, 6) is 5.14. The van der Waals surface area contributed by atoms with Crippen LogP contribution in [0.4, 0.5) is 0 Å². The fourth-order valence-corrected chi connectivity index (χ4v) is 0.546. The molecule has 0 aromatic heterocycles. The minimum Gasteiger partial charge on any atom is -0.324 e. The molecule has 61 valence electrons. The van der Waals surface area contributed by atoms with Crippen molar-refractivity contribution in [1.82, 2.24) is 5.43 Å². The van der Waals surface area contributed by atoms with Crippen LogP contribution >= 0.6 is 0 Å². The SMILES string of the molecule is NNC1=CC=CC=C=C1.[Lr]. The molecule has 0 atom stereocenters. The van der Waals surface area contributed by atoms with Crippen molar-refractivity contribution >= 4 is 0 Å². The number of hydrogen-bond donors (Lipinski definition) is 2. The summed E-state index contributed by atoms with van der Waals surface area (Å²) in [5, 5.41) is 0. The van der Waals surface area contributed by atoms with Crippen LogP contribution < -0.4 is 11.3 Å². The fourth-order valence-electron chi connectivity index (χ4n) is 0.546. The second kappa shape index (κ2) is 3.72. The van der Waals surface area contributed by atoms with E-state index in [1.165, 1.54) is 0 Å². The first-order valence-corrected chi connectivity index (χ1v) is 2.69. The van der Waals surface area contributed by atoms with E-state index in [4.69, 9.17) is 5.84 Å². The molecule has 0 unspecified atom stereocenters. The average molecular weight is 382 g/mol. The molecule has 2 nitrogen and oxygen atoms in total. The topological polar surface area (TPSA) is 38.0 Å². The van der Waals surface area contributed by atoms with Gasteiger partial charge in [-0.05, 0) is 12.2 Å². The van der Waals surface area contributed by atoms with Gasteiger partial charge in [-0.3, -0.25) is 5.84 Å². The molecule has 3 heteroatoms. The number of hydrazine groups is 1. The number of allylic oxidation sites excluding steroid dienone is 4. The maximum absolute atomic E-state index is 5.14. The van der Waals surface area contributed by atoms with Gasteiger partial charge in [0.05, 0.1) is 5.70 Å². The fraction of sp³-hybridized carbons (Fsp3) is 0. The van der Waals surface area contributed by atoms with Crippen molar-refractivity contribution in [3.05, 3.63) is 41.8 Å². The predicted octanol–water partition coefficient (Wildman–Crippen LogP) is 0.615. The molecule has 1 radical (unpaired) electrons. The van der Waals surface area contributed by atoms with Crippen molar-refractivity contribution in [3.8, 4) is 0 Å². The van der Waals surface area contributed by atoms with Crippen molar-refractivity contribution in [2.75, 3.05) is 0 Å². The van der Waals surface area contributed by atoms with Crippen molar-refractivity contribution in [2.45, 2.75) is 0 Å². The largest absolute Gasteiger partial charge is 0.324 e. The first-order valence-electron chi connectivity index (χ1n) is 2.69. The molecule has 0 aliphatic heterocycles. The van der Waals surface area contributed by atoms with Crippen molar-refractivity contribution in [1.29, 1.82) is 0 Å². The minimum absolute atomic E-state index is 0. The maximum atomic E-state index is 5.14. The molecule has 1 aliphatic rings. The van der Waals surface area contributed by atoms with Crippen molar-refractivity contribution in [3.63, 3.8) is 0 Å². The van der Waals surface area contributed by atoms with Crippen LogP contribution in [0.15, 0.2) is 41.8 Å². The van der Waals surface area contributed by atoms with Gasteiger partial charge in [0.25, 0.3) is 0 Å². The Bertz CT molecular complexity index is 210. The molecular weight excluding hydrogens is 374 g/mol. The Morgan fingerprint density at radius 3 is 2.90 bits per heavy atom.